The molecule has 2 aromatic rings. The molecule has 1 unspecified atom stereocenters. The molecule has 0 aliphatic carbocycles. The normalized spacial score (nSPS) is 15.9. The minimum absolute atomic E-state index is 0.00665. The Hall–Kier alpha value is -3.86. The summed E-state index contributed by atoms with van der Waals surface area (Å²) in [6.07, 6.45) is 0. The molecule has 2 aromatic carbocycles. The van der Waals surface area contributed by atoms with E-state index in [2.05, 4.69) is 0 Å². The molecule has 0 bridgehead atoms. The maximum atomic E-state index is 13.5. The van der Waals surface area contributed by atoms with E-state index in [1.807, 2.05) is 6.07 Å². The largest absolute Gasteiger partial charge is 0.489 e. The van der Waals surface area contributed by atoms with E-state index in [9.17, 15) is 18.8 Å². The van der Waals surface area contributed by atoms with Crippen LogP contribution in [-0.2, 0) is 20.9 Å². The first kappa shape index (κ1) is 21.8. The summed E-state index contributed by atoms with van der Waals surface area (Å²) in [6.45, 7) is 3.31. The van der Waals surface area contributed by atoms with Crippen LogP contribution in [0, 0.1) is 23.0 Å². The second-order valence-electron chi connectivity index (χ2n) is 6.71. The van der Waals surface area contributed by atoms with E-state index >= 15 is 0 Å². The molecule has 1 heterocycles. The van der Waals surface area contributed by atoms with E-state index in [1.165, 1.54) is 0 Å². The molecule has 0 saturated heterocycles. The molecule has 31 heavy (non-hydrogen) atoms. The molecule has 1 aliphatic rings. The van der Waals surface area contributed by atoms with Crippen molar-refractivity contribution in [2.75, 3.05) is 6.61 Å². The second-order valence-corrected chi connectivity index (χ2v) is 6.71. The van der Waals surface area contributed by atoms with Gasteiger partial charge in [0.25, 0.3) is 0 Å². The monoisotopic (exact) mass is 426 g/mol. The van der Waals surface area contributed by atoms with Crippen LogP contribution in [0.1, 0.15) is 30.9 Å². The van der Waals surface area contributed by atoms with Crippen molar-refractivity contribution in [3.8, 4) is 11.8 Å². The van der Waals surface area contributed by atoms with Crippen LogP contribution in [0.5, 0.6) is 5.75 Å². The van der Waals surface area contributed by atoms with Gasteiger partial charge in [-0.15, -0.1) is 0 Å². The van der Waals surface area contributed by atoms with Crippen molar-refractivity contribution in [1.29, 1.82) is 5.26 Å². The van der Waals surface area contributed by atoms with Crippen LogP contribution in [0.3, 0.4) is 0 Å². The zero-order valence-electron chi connectivity index (χ0n) is 16.9. The van der Waals surface area contributed by atoms with Gasteiger partial charge in [0.05, 0.1) is 18.1 Å². The van der Waals surface area contributed by atoms with Gasteiger partial charge in [0.2, 0.25) is 5.88 Å². The number of hydrogen-bond acceptors (Lipinski definition) is 6. The lowest BCUT2D eigenvalue weighted by atomic mass is 9.81. The summed E-state index contributed by atoms with van der Waals surface area (Å²) in [5.41, 5.74) is 7.28. The smallest absolute Gasteiger partial charge is 0.338 e. The van der Waals surface area contributed by atoms with E-state index in [1.54, 1.807) is 38.1 Å². The Balaban J connectivity index is 2.03. The lowest BCUT2D eigenvalue weighted by Gasteiger charge is -2.28. The van der Waals surface area contributed by atoms with Crippen LogP contribution in [0.2, 0.25) is 0 Å². The Kier molecular flexibility index (Phi) is 6.55. The van der Waals surface area contributed by atoms with Crippen molar-refractivity contribution in [3.63, 3.8) is 0 Å². The highest BCUT2D eigenvalue weighted by Crippen LogP contribution is 2.41. The van der Waals surface area contributed by atoms with E-state index in [-0.39, 0.29) is 41.8 Å². The molecule has 0 spiro atoms. The molecule has 0 saturated carbocycles. The Morgan fingerprint density at radius 3 is 2.55 bits per heavy atom. The Bertz CT molecular complexity index is 1100. The first-order chi connectivity index (χ1) is 14.8. The summed E-state index contributed by atoms with van der Waals surface area (Å²) >= 11 is 0. The molecule has 8 heteroatoms. The van der Waals surface area contributed by atoms with Gasteiger partial charge >= 0.3 is 5.97 Å². The zero-order chi connectivity index (χ0) is 22.5. The number of rotatable bonds is 6. The number of carbonyl (C=O) groups is 1. The molecule has 0 radical (unpaired) electrons. The highest BCUT2D eigenvalue weighted by atomic mass is 19.1. The summed E-state index contributed by atoms with van der Waals surface area (Å²) in [5.74, 6) is -2.89. The topological polar surface area (TPSA) is 94.6 Å². The summed E-state index contributed by atoms with van der Waals surface area (Å²) < 4.78 is 43.1. The number of benzene rings is 2. The average molecular weight is 426 g/mol. The Labute approximate surface area is 178 Å². The van der Waals surface area contributed by atoms with Crippen molar-refractivity contribution >= 4 is 5.97 Å². The quantitative estimate of drug-likeness (QED) is 0.696. The third-order valence-corrected chi connectivity index (χ3v) is 4.70. The third kappa shape index (κ3) is 4.67. The predicted octanol–water partition coefficient (Wildman–Crippen LogP) is 4.19. The van der Waals surface area contributed by atoms with Crippen LogP contribution < -0.4 is 10.5 Å². The number of nitriles is 1. The van der Waals surface area contributed by atoms with Crippen LogP contribution in [0.15, 0.2) is 65.3 Å². The molecule has 0 fully saturated rings. The number of nitrogens with two attached hydrogens (primary N) is 1. The minimum atomic E-state index is -0.846. The number of esters is 1. The van der Waals surface area contributed by atoms with Gasteiger partial charge < -0.3 is 19.9 Å². The zero-order valence-corrected chi connectivity index (χ0v) is 16.9. The van der Waals surface area contributed by atoms with Gasteiger partial charge in [-0.2, -0.15) is 5.26 Å². The van der Waals surface area contributed by atoms with Gasteiger partial charge in [0, 0.05) is 18.2 Å². The lowest BCUT2D eigenvalue weighted by molar-refractivity contribution is -0.139. The fourth-order valence-corrected chi connectivity index (χ4v) is 3.39. The maximum Gasteiger partial charge on any atom is 0.338 e. The molecule has 3 rings (SSSR count). The van der Waals surface area contributed by atoms with Crippen molar-refractivity contribution in [2.45, 2.75) is 26.4 Å². The first-order valence-corrected chi connectivity index (χ1v) is 9.47. The van der Waals surface area contributed by atoms with E-state index < -0.39 is 23.5 Å². The number of hydrogen-bond donors (Lipinski definition) is 1. The maximum absolute atomic E-state index is 13.5. The Morgan fingerprint density at radius 2 is 1.90 bits per heavy atom. The molecule has 0 amide bonds. The minimum Gasteiger partial charge on any atom is -0.489 e. The van der Waals surface area contributed by atoms with Crippen molar-refractivity contribution in [2.24, 2.45) is 5.73 Å². The molecule has 0 aromatic heterocycles. The summed E-state index contributed by atoms with van der Waals surface area (Å²) in [6, 6.07) is 11.8. The fourth-order valence-electron chi connectivity index (χ4n) is 3.39. The van der Waals surface area contributed by atoms with E-state index in [0.717, 1.165) is 18.2 Å². The molecule has 160 valence electrons. The number of allylic oxidation sites excluding steroid dienone is 2. The first-order valence-electron chi connectivity index (χ1n) is 9.47. The van der Waals surface area contributed by atoms with Gasteiger partial charge in [0.1, 0.15) is 41.4 Å². The number of halogens is 2. The summed E-state index contributed by atoms with van der Waals surface area (Å²) in [5, 5.41) is 9.71. The van der Waals surface area contributed by atoms with Crippen molar-refractivity contribution in [3.05, 3.63) is 88.0 Å². The molecule has 1 aliphatic heterocycles. The third-order valence-electron chi connectivity index (χ3n) is 4.70. The van der Waals surface area contributed by atoms with Gasteiger partial charge in [-0.25, -0.2) is 13.6 Å². The highest BCUT2D eigenvalue weighted by Gasteiger charge is 2.37. The van der Waals surface area contributed by atoms with Gasteiger partial charge in [0.15, 0.2) is 0 Å². The molecule has 2 N–H and O–H groups in total. The van der Waals surface area contributed by atoms with Crippen molar-refractivity contribution in [1.82, 2.24) is 0 Å². The fraction of sp³-hybridized carbons (Fsp3) is 0.217. The standard InChI is InChI=1S/C23H20F2N2O4/c1-3-29-23(28)20-13(2)31-22(27)19(11-26)21(20)18-7-5-4-6-14(18)12-30-17-9-15(24)8-16(25)10-17/h4-10,21H,3,12,27H2,1-2H3. The van der Waals surface area contributed by atoms with Crippen LogP contribution >= 0.6 is 0 Å². The highest BCUT2D eigenvalue weighted by molar-refractivity contribution is 5.92. The number of ether oxygens (including phenoxy) is 3. The molecular formula is C23H20F2N2O4. The van der Waals surface area contributed by atoms with E-state index in [0.29, 0.717) is 11.1 Å². The average Bonchev–Trinajstić information content (AvgIpc) is 2.71. The predicted molar refractivity (Wildman–Crippen MR) is 107 cm³/mol. The lowest BCUT2D eigenvalue weighted by Crippen LogP contribution is -2.26. The summed E-state index contributed by atoms with van der Waals surface area (Å²) in [7, 11) is 0. The van der Waals surface area contributed by atoms with Gasteiger partial charge in [-0.05, 0) is 25.0 Å². The SMILES string of the molecule is CCOC(=O)C1=C(C)OC(N)=C(C#N)C1c1ccccc1COc1cc(F)cc(F)c1. The van der Waals surface area contributed by atoms with Crippen molar-refractivity contribution < 1.29 is 27.8 Å². The molecule has 6 nitrogen and oxygen atoms in total. The number of nitrogens with zero attached hydrogens (tertiary/aromatic N) is 1. The van der Waals surface area contributed by atoms with Crippen LogP contribution in [0.25, 0.3) is 0 Å². The van der Waals surface area contributed by atoms with Crippen LogP contribution in [-0.4, -0.2) is 12.6 Å². The second kappa shape index (κ2) is 9.30. The summed E-state index contributed by atoms with van der Waals surface area (Å²) in [4.78, 5) is 12.7. The van der Waals surface area contributed by atoms with Gasteiger partial charge in [-0.3, -0.25) is 0 Å². The number of carbonyl (C=O) groups excluding carboxylic acids is 1. The Morgan fingerprint density at radius 1 is 1.23 bits per heavy atom. The van der Waals surface area contributed by atoms with Gasteiger partial charge in [-0.1, -0.05) is 24.3 Å². The molecule has 1 atom stereocenters. The molecular weight excluding hydrogens is 406 g/mol. The van der Waals surface area contributed by atoms with E-state index in [4.69, 9.17) is 19.9 Å². The van der Waals surface area contributed by atoms with Crippen LogP contribution in [0.4, 0.5) is 8.78 Å².